The van der Waals surface area contributed by atoms with E-state index < -0.39 is 0 Å². The molecule has 1 aromatic carbocycles. The fraction of sp³-hybridized carbons (Fsp3) is 0.400. The second-order valence-electron chi connectivity index (χ2n) is 4.94. The zero-order valence-corrected chi connectivity index (χ0v) is 10.2. The molecule has 17 heavy (non-hydrogen) atoms. The molecule has 2 heteroatoms. The monoisotopic (exact) mass is 227 g/mol. The molecule has 2 nitrogen and oxygen atoms in total. The van der Waals surface area contributed by atoms with E-state index in [2.05, 4.69) is 18.0 Å². The maximum absolute atomic E-state index is 12.5. The van der Waals surface area contributed by atoms with Gasteiger partial charge in [0, 0.05) is 30.4 Å². The van der Waals surface area contributed by atoms with Crippen molar-refractivity contribution >= 4 is 5.78 Å². The number of aryl methyl sites for hydroxylation is 1. The average molecular weight is 227 g/mol. The third-order valence-electron chi connectivity index (χ3n) is 3.90. The van der Waals surface area contributed by atoms with Crippen LogP contribution in [0.4, 0.5) is 0 Å². The second kappa shape index (κ2) is 4.02. The predicted octanol–water partition coefficient (Wildman–Crippen LogP) is 2.80. The largest absolute Gasteiger partial charge is 0.378 e. The van der Waals surface area contributed by atoms with Crippen LogP contribution in [-0.2, 0) is 6.42 Å². The SMILES string of the molecule is CN1CCCC1=C1CCc2ccccc2C1=O. The summed E-state index contributed by atoms with van der Waals surface area (Å²) in [6.45, 7) is 1.09. The van der Waals surface area contributed by atoms with Crippen LogP contribution in [0.5, 0.6) is 0 Å². The van der Waals surface area contributed by atoms with Gasteiger partial charge >= 0.3 is 0 Å². The number of benzene rings is 1. The van der Waals surface area contributed by atoms with Gasteiger partial charge in [0.05, 0.1) is 0 Å². The van der Waals surface area contributed by atoms with E-state index in [4.69, 9.17) is 0 Å². The summed E-state index contributed by atoms with van der Waals surface area (Å²) < 4.78 is 0. The lowest BCUT2D eigenvalue weighted by Crippen LogP contribution is -2.20. The van der Waals surface area contributed by atoms with Crippen molar-refractivity contribution in [2.45, 2.75) is 25.7 Å². The Morgan fingerprint density at radius 2 is 1.94 bits per heavy atom. The van der Waals surface area contributed by atoms with E-state index in [0.29, 0.717) is 0 Å². The Hall–Kier alpha value is -1.57. The second-order valence-corrected chi connectivity index (χ2v) is 4.94. The van der Waals surface area contributed by atoms with Gasteiger partial charge in [0.25, 0.3) is 0 Å². The Balaban J connectivity index is 2.05. The quantitative estimate of drug-likeness (QED) is 0.635. The van der Waals surface area contributed by atoms with Crippen LogP contribution in [0, 0.1) is 0 Å². The summed E-state index contributed by atoms with van der Waals surface area (Å²) >= 11 is 0. The third-order valence-corrected chi connectivity index (χ3v) is 3.90. The van der Waals surface area contributed by atoms with Crippen molar-refractivity contribution in [3.05, 3.63) is 46.7 Å². The molecule has 2 aliphatic rings. The summed E-state index contributed by atoms with van der Waals surface area (Å²) in [6, 6.07) is 8.02. The molecule has 0 unspecified atom stereocenters. The molecule has 1 heterocycles. The smallest absolute Gasteiger partial charge is 0.191 e. The average Bonchev–Trinajstić information content (AvgIpc) is 2.76. The van der Waals surface area contributed by atoms with Gasteiger partial charge in [-0.1, -0.05) is 24.3 Å². The van der Waals surface area contributed by atoms with E-state index in [1.807, 2.05) is 18.2 Å². The summed E-state index contributed by atoms with van der Waals surface area (Å²) in [6.07, 6.45) is 4.17. The Bertz CT molecular complexity index is 501. The Kier molecular flexibility index (Phi) is 2.50. The van der Waals surface area contributed by atoms with Crippen molar-refractivity contribution in [2.75, 3.05) is 13.6 Å². The standard InChI is InChI=1S/C15H17NO/c1-16-10-4-7-14(16)13-9-8-11-5-2-3-6-12(11)15(13)17/h2-3,5-6H,4,7-10H2,1H3. The first-order valence-corrected chi connectivity index (χ1v) is 6.33. The van der Waals surface area contributed by atoms with E-state index in [1.54, 1.807) is 0 Å². The van der Waals surface area contributed by atoms with Gasteiger partial charge in [0.15, 0.2) is 5.78 Å². The molecular formula is C15H17NO. The maximum atomic E-state index is 12.5. The first-order chi connectivity index (χ1) is 8.27. The molecule has 0 spiro atoms. The van der Waals surface area contributed by atoms with Crippen molar-refractivity contribution in [3.8, 4) is 0 Å². The van der Waals surface area contributed by atoms with E-state index in [-0.39, 0.29) is 5.78 Å². The Morgan fingerprint density at radius 3 is 2.71 bits per heavy atom. The van der Waals surface area contributed by atoms with Crippen LogP contribution in [0.25, 0.3) is 0 Å². The van der Waals surface area contributed by atoms with Gasteiger partial charge in [0.2, 0.25) is 0 Å². The number of carbonyl (C=O) groups excluding carboxylic acids is 1. The minimum atomic E-state index is 0.260. The Labute approximate surface area is 102 Å². The molecule has 1 saturated heterocycles. The maximum Gasteiger partial charge on any atom is 0.191 e. The number of carbonyl (C=O) groups is 1. The summed E-state index contributed by atoms with van der Waals surface area (Å²) in [5.41, 5.74) is 4.47. The summed E-state index contributed by atoms with van der Waals surface area (Å²) in [4.78, 5) is 14.7. The summed E-state index contributed by atoms with van der Waals surface area (Å²) in [5.74, 6) is 0.260. The fourth-order valence-electron chi connectivity index (χ4n) is 2.96. The lowest BCUT2D eigenvalue weighted by molar-refractivity contribution is 0.102. The van der Waals surface area contributed by atoms with Crippen LogP contribution in [0.15, 0.2) is 35.5 Å². The van der Waals surface area contributed by atoms with E-state index in [1.165, 1.54) is 17.7 Å². The number of ketones is 1. The number of hydrogen-bond acceptors (Lipinski definition) is 2. The molecule has 1 aromatic rings. The van der Waals surface area contributed by atoms with Gasteiger partial charge in [-0.2, -0.15) is 0 Å². The molecule has 1 aliphatic heterocycles. The molecule has 0 radical (unpaired) electrons. The van der Waals surface area contributed by atoms with Crippen LogP contribution in [0.1, 0.15) is 35.2 Å². The van der Waals surface area contributed by atoms with Crippen molar-refractivity contribution in [3.63, 3.8) is 0 Å². The van der Waals surface area contributed by atoms with Crippen LogP contribution in [0.2, 0.25) is 0 Å². The number of allylic oxidation sites excluding steroid dienone is 2. The molecular weight excluding hydrogens is 210 g/mol. The highest BCUT2D eigenvalue weighted by atomic mass is 16.1. The molecule has 0 amide bonds. The molecule has 0 N–H and O–H groups in total. The topological polar surface area (TPSA) is 20.3 Å². The zero-order chi connectivity index (χ0) is 11.8. The van der Waals surface area contributed by atoms with Crippen molar-refractivity contribution in [1.82, 2.24) is 4.90 Å². The zero-order valence-electron chi connectivity index (χ0n) is 10.2. The molecule has 0 atom stereocenters. The molecule has 0 bridgehead atoms. The first-order valence-electron chi connectivity index (χ1n) is 6.33. The third kappa shape index (κ3) is 1.68. The number of fused-ring (bicyclic) bond motifs is 1. The van der Waals surface area contributed by atoms with Gasteiger partial charge in [-0.3, -0.25) is 4.79 Å². The number of Topliss-reactive ketones (excluding diaryl/α,β-unsaturated/α-hetero) is 1. The lowest BCUT2D eigenvalue weighted by atomic mass is 9.85. The number of nitrogens with zero attached hydrogens (tertiary/aromatic N) is 1. The number of hydrogen-bond donors (Lipinski definition) is 0. The van der Waals surface area contributed by atoms with Gasteiger partial charge in [-0.05, 0) is 31.2 Å². The number of rotatable bonds is 0. The highest BCUT2D eigenvalue weighted by molar-refractivity contribution is 6.11. The highest BCUT2D eigenvalue weighted by Crippen LogP contribution is 2.31. The molecule has 3 rings (SSSR count). The number of likely N-dealkylation sites (tertiary alicyclic amines) is 1. The Morgan fingerprint density at radius 1 is 1.12 bits per heavy atom. The van der Waals surface area contributed by atoms with E-state index in [0.717, 1.165) is 36.9 Å². The van der Waals surface area contributed by atoms with Crippen LogP contribution < -0.4 is 0 Å². The van der Waals surface area contributed by atoms with Gasteiger partial charge in [-0.25, -0.2) is 0 Å². The van der Waals surface area contributed by atoms with E-state index in [9.17, 15) is 4.79 Å². The van der Waals surface area contributed by atoms with Crippen LogP contribution in [0.3, 0.4) is 0 Å². The highest BCUT2D eigenvalue weighted by Gasteiger charge is 2.27. The molecule has 1 aliphatic carbocycles. The van der Waals surface area contributed by atoms with Gasteiger partial charge in [0.1, 0.15) is 0 Å². The molecule has 0 aromatic heterocycles. The van der Waals surface area contributed by atoms with Gasteiger partial charge < -0.3 is 4.90 Å². The molecule has 88 valence electrons. The predicted molar refractivity (Wildman–Crippen MR) is 68.0 cm³/mol. The van der Waals surface area contributed by atoms with Crippen molar-refractivity contribution in [2.24, 2.45) is 0 Å². The van der Waals surface area contributed by atoms with Crippen molar-refractivity contribution < 1.29 is 4.79 Å². The molecule has 1 fully saturated rings. The van der Waals surface area contributed by atoms with Gasteiger partial charge in [-0.15, -0.1) is 0 Å². The van der Waals surface area contributed by atoms with Crippen molar-refractivity contribution in [1.29, 1.82) is 0 Å². The van der Waals surface area contributed by atoms with E-state index >= 15 is 0 Å². The molecule has 0 saturated carbocycles. The first kappa shape index (κ1) is 10.6. The summed E-state index contributed by atoms with van der Waals surface area (Å²) in [7, 11) is 2.10. The van der Waals surface area contributed by atoms with Crippen LogP contribution >= 0.6 is 0 Å². The minimum absolute atomic E-state index is 0.260. The fourth-order valence-corrected chi connectivity index (χ4v) is 2.96. The summed E-state index contributed by atoms with van der Waals surface area (Å²) in [5, 5.41) is 0. The normalized spacial score (nSPS) is 24.1. The lowest BCUT2D eigenvalue weighted by Gasteiger charge is -2.22. The van der Waals surface area contributed by atoms with Crippen LogP contribution in [-0.4, -0.2) is 24.3 Å². The minimum Gasteiger partial charge on any atom is -0.378 e.